The first-order valence-electron chi connectivity index (χ1n) is 5.81. The summed E-state index contributed by atoms with van der Waals surface area (Å²) < 4.78 is 0. The smallest absolute Gasteiger partial charge is 0.333 e. The zero-order valence-electron chi connectivity index (χ0n) is 9.59. The van der Waals surface area contributed by atoms with Crippen molar-refractivity contribution in [2.45, 2.75) is 25.3 Å². The van der Waals surface area contributed by atoms with Crippen LogP contribution in [0.2, 0.25) is 0 Å². The van der Waals surface area contributed by atoms with E-state index in [0.29, 0.717) is 11.6 Å². The number of carbonyl (C=O) groups excluding carboxylic acids is 1. The van der Waals surface area contributed by atoms with Crippen molar-refractivity contribution in [3.8, 4) is 0 Å². The van der Waals surface area contributed by atoms with Gasteiger partial charge < -0.3 is 5.11 Å². The molecule has 0 saturated carbocycles. The minimum absolute atomic E-state index is 0.288. The van der Waals surface area contributed by atoms with Crippen molar-refractivity contribution < 1.29 is 14.7 Å². The van der Waals surface area contributed by atoms with E-state index in [9.17, 15) is 9.59 Å². The van der Waals surface area contributed by atoms with Gasteiger partial charge in [0.1, 0.15) is 6.04 Å². The molecule has 17 heavy (non-hydrogen) atoms. The summed E-state index contributed by atoms with van der Waals surface area (Å²) in [6, 6.07) is -0.978. The third kappa shape index (κ3) is 3.04. The third-order valence-corrected chi connectivity index (χ3v) is 4.05. The van der Waals surface area contributed by atoms with E-state index < -0.39 is 12.0 Å². The van der Waals surface area contributed by atoms with Gasteiger partial charge in [0.2, 0.25) is 0 Å². The Hall–Kier alpha value is -0.950. The van der Waals surface area contributed by atoms with Gasteiger partial charge in [-0.2, -0.15) is 0 Å². The predicted octanol–water partition coefficient (Wildman–Crippen LogP) is 0.556. The highest BCUT2D eigenvalue weighted by Crippen LogP contribution is 2.21. The predicted molar refractivity (Wildman–Crippen MR) is 64.5 cm³/mol. The Kier molecular flexibility index (Phi) is 4.11. The molecule has 0 radical (unpaired) electrons. The number of hydrogen-bond donors (Lipinski definition) is 2. The van der Waals surface area contributed by atoms with Crippen molar-refractivity contribution in [2.24, 2.45) is 0 Å². The lowest BCUT2D eigenvalue weighted by Crippen LogP contribution is -2.53. The Labute approximate surface area is 104 Å². The molecule has 2 rings (SSSR count). The summed E-state index contributed by atoms with van der Waals surface area (Å²) in [7, 11) is 0. The number of nitrogens with one attached hydrogen (secondary N) is 1. The van der Waals surface area contributed by atoms with Crippen LogP contribution in [-0.4, -0.2) is 57.8 Å². The van der Waals surface area contributed by atoms with Gasteiger partial charge in [-0.15, -0.1) is 11.8 Å². The van der Waals surface area contributed by atoms with Gasteiger partial charge in [0.05, 0.1) is 5.88 Å². The minimum Gasteiger partial charge on any atom is -0.480 e. The van der Waals surface area contributed by atoms with Crippen molar-refractivity contribution in [3.05, 3.63) is 0 Å². The number of aliphatic carboxylic acids is 1. The topological polar surface area (TPSA) is 72.9 Å². The van der Waals surface area contributed by atoms with Crippen LogP contribution in [0.5, 0.6) is 0 Å². The number of hydrogen-bond acceptors (Lipinski definition) is 4. The molecule has 1 atom stereocenters. The molecule has 2 aliphatic heterocycles. The molecule has 0 aromatic heterocycles. The second-order valence-electron chi connectivity index (χ2n) is 4.29. The van der Waals surface area contributed by atoms with Gasteiger partial charge in [-0.05, 0) is 12.8 Å². The second kappa shape index (κ2) is 5.59. The molecule has 1 unspecified atom stereocenters. The normalized spacial score (nSPS) is 25.9. The molecule has 0 aliphatic carbocycles. The highest BCUT2D eigenvalue weighted by atomic mass is 32.2. The van der Waals surface area contributed by atoms with Crippen LogP contribution in [-0.2, 0) is 4.79 Å². The van der Waals surface area contributed by atoms with Crippen molar-refractivity contribution in [3.63, 3.8) is 0 Å². The van der Waals surface area contributed by atoms with Gasteiger partial charge >= 0.3 is 12.0 Å². The maximum Gasteiger partial charge on any atom is 0.333 e. The van der Waals surface area contributed by atoms with Gasteiger partial charge in [-0.25, -0.2) is 14.6 Å². The number of carboxylic acid groups (broad SMARTS) is 1. The molecule has 0 spiro atoms. The number of piperidine rings is 1. The van der Waals surface area contributed by atoms with Crippen molar-refractivity contribution in [1.29, 1.82) is 0 Å². The Morgan fingerprint density at radius 1 is 1.24 bits per heavy atom. The summed E-state index contributed by atoms with van der Waals surface area (Å²) in [6.07, 6.45) is 3.36. The molecule has 0 aromatic carbocycles. The minimum atomic E-state index is -0.927. The fraction of sp³-hybridized carbons (Fsp3) is 0.800. The Balaban J connectivity index is 1.88. The largest absolute Gasteiger partial charge is 0.480 e. The highest BCUT2D eigenvalue weighted by Gasteiger charge is 2.35. The first kappa shape index (κ1) is 12.5. The van der Waals surface area contributed by atoms with E-state index in [1.807, 2.05) is 5.01 Å². The number of urea groups is 1. The van der Waals surface area contributed by atoms with Crippen LogP contribution in [0.25, 0.3) is 0 Å². The molecule has 6 nitrogen and oxygen atoms in total. The molecule has 2 amide bonds. The average molecular weight is 259 g/mol. The van der Waals surface area contributed by atoms with Gasteiger partial charge in [-0.1, -0.05) is 6.42 Å². The monoisotopic (exact) mass is 259 g/mol. The number of carbonyl (C=O) groups is 2. The summed E-state index contributed by atoms with van der Waals surface area (Å²) in [4.78, 5) is 24.3. The SMILES string of the molecule is O=C(O)C1CSCN1C(=O)NN1CCCCC1. The van der Waals surface area contributed by atoms with Crippen LogP contribution < -0.4 is 5.43 Å². The van der Waals surface area contributed by atoms with Crippen LogP contribution in [0.15, 0.2) is 0 Å². The van der Waals surface area contributed by atoms with E-state index in [-0.39, 0.29) is 6.03 Å². The molecule has 96 valence electrons. The van der Waals surface area contributed by atoms with Gasteiger partial charge in [-0.3, -0.25) is 10.3 Å². The number of rotatable bonds is 2. The highest BCUT2D eigenvalue weighted by molar-refractivity contribution is 7.99. The third-order valence-electron chi connectivity index (χ3n) is 3.04. The molecule has 7 heteroatoms. The quantitative estimate of drug-likeness (QED) is 0.758. The fourth-order valence-corrected chi connectivity index (χ4v) is 3.20. The van der Waals surface area contributed by atoms with Crippen molar-refractivity contribution >= 4 is 23.8 Å². The summed E-state index contributed by atoms with van der Waals surface area (Å²) in [5.41, 5.74) is 2.79. The zero-order chi connectivity index (χ0) is 12.3. The number of thioether (sulfide) groups is 1. The molecule has 2 fully saturated rings. The molecule has 2 heterocycles. The first-order valence-corrected chi connectivity index (χ1v) is 6.96. The maximum absolute atomic E-state index is 11.9. The van der Waals surface area contributed by atoms with Crippen molar-refractivity contribution in [2.75, 3.05) is 24.7 Å². The van der Waals surface area contributed by atoms with Crippen LogP contribution >= 0.6 is 11.8 Å². The first-order chi connectivity index (χ1) is 8.18. The van der Waals surface area contributed by atoms with E-state index >= 15 is 0 Å². The summed E-state index contributed by atoms with van der Waals surface area (Å²) in [6.45, 7) is 1.70. The van der Waals surface area contributed by atoms with Crippen LogP contribution in [0.4, 0.5) is 4.79 Å². The van der Waals surface area contributed by atoms with E-state index in [1.54, 1.807) is 0 Å². The maximum atomic E-state index is 11.9. The molecule has 2 aliphatic rings. The van der Waals surface area contributed by atoms with E-state index in [0.717, 1.165) is 25.9 Å². The lowest BCUT2D eigenvalue weighted by atomic mass is 10.2. The lowest BCUT2D eigenvalue weighted by molar-refractivity contribution is -0.140. The average Bonchev–Trinajstić information content (AvgIpc) is 2.79. The zero-order valence-corrected chi connectivity index (χ0v) is 10.4. The van der Waals surface area contributed by atoms with Crippen LogP contribution in [0, 0.1) is 0 Å². The summed E-state index contributed by atoms with van der Waals surface area (Å²) in [5.74, 6) is 0.00291. The number of carboxylic acids is 1. The molecule has 2 N–H and O–H groups in total. The summed E-state index contributed by atoms with van der Waals surface area (Å²) >= 11 is 1.47. The van der Waals surface area contributed by atoms with Crippen molar-refractivity contribution in [1.82, 2.24) is 15.3 Å². The molecular weight excluding hydrogens is 242 g/mol. The van der Waals surface area contributed by atoms with Crippen LogP contribution in [0.1, 0.15) is 19.3 Å². The lowest BCUT2D eigenvalue weighted by Gasteiger charge is -2.30. The molecular formula is C10H17N3O3S. The second-order valence-corrected chi connectivity index (χ2v) is 5.29. The van der Waals surface area contributed by atoms with E-state index in [4.69, 9.17) is 5.11 Å². The Morgan fingerprint density at radius 3 is 2.59 bits per heavy atom. The number of nitrogens with zero attached hydrogens (tertiary/aromatic N) is 2. The molecule has 2 saturated heterocycles. The van der Waals surface area contributed by atoms with Gasteiger partial charge in [0.15, 0.2) is 0 Å². The van der Waals surface area contributed by atoms with E-state index in [2.05, 4.69) is 5.43 Å². The molecule has 0 bridgehead atoms. The standard InChI is InChI=1S/C10H17N3O3S/c14-9(15)8-6-17-7-13(8)10(16)11-12-4-2-1-3-5-12/h8H,1-7H2,(H,11,16)(H,14,15). The Bertz CT molecular complexity index is 307. The van der Waals surface area contributed by atoms with Gasteiger partial charge in [0.25, 0.3) is 0 Å². The summed E-state index contributed by atoms with van der Waals surface area (Å²) in [5, 5.41) is 10.9. The fourth-order valence-electron chi connectivity index (χ4n) is 2.05. The number of amides is 2. The van der Waals surface area contributed by atoms with Crippen LogP contribution in [0.3, 0.4) is 0 Å². The van der Waals surface area contributed by atoms with E-state index in [1.165, 1.54) is 23.1 Å². The Morgan fingerprint density at radius 2 is 1.94 bits per heavy atom. The molecule has 0 aromatic rings. The number of hydrazine groups is 1. The van der Waals surface area contributed by atoms with Gasteiger partial charge in [0, 0.05) is 18.8 Å².